The van der Waals surface area contributed by atoms with Gasteiger partial charge in [-0.1, -0.05) is 66.7 Å². The van der Waals surface area contributed by atoms with Gasteiger partial charge in [0.05, 0.1) is 0 Å². The van der Waals surface area contributed by atoms with E-state index < -0.39 is 5.54 Å². The monoisotopic (exact) mass is 314 g/mol. The van der Waals surface area contributed by atoms with Gasteiger partial charge >= 0.3 is 0 Å². The molecule has 1 unspecified atom stereocenters. The lowest BCUT2D eigenvalue weighted by Crippen LogP contribution is -2.50. The third kappa shape index (κ3) is 1.95. The molecular formula is C21H18N2O. The molecule has 0 aliphatic carbocycles. The molecule has 0 saturated carbocycles. The van der Waals surface area contributed by atoms with Crippen molar-refractivity contribution in [3.63, 3.8) is 0 Å². The molecule has 3 heteroatoms. The van der Waals surface area contributed by atoms with E-state index in [4.69, 9.17) is 0 Å². The highest BCUT2D eigenvalue weighted by Gasteiger charge is 2.51. The van der Waals surface area contributed by atoms with Crippen LogP contribution in [0.15, 0.2) is 84.9 Å². The number of rotatable bonds is 3. The molecule has 0 spiro atoms. The van der Waals surface area contributed by atoms with E-state index in [0.29, 0.717) is 0 Å². The molecule has 24 heavy (non-hydrogen) atoms. The van der Waals surface area contributed by atoms with E-state index >= 15 is 0 Å². The molecule has 1 aliphatic rings. The molecule has 1 amide bonds. The van der Waals surface area contributed by atoms with E-state index in [9.17, 15) is 4.79 Å². The van der Waals surface area contributed by atoms with E-state index in [1.54, 1.807) is 0 Å². The highest BCUT2D eigenvalue weighted by molar-refractivity contribution is 6.10. The van der Waals surface area contributed by atoms with Gasteiger partial charge in [0, 0.05) is 24.0 Å². The maximum Gasteiger partial charge on any atom is 0.259 e. The Morgan fingerprint density at radius 3 is 2.08 bits per heavy atom. The second-order valence-electron chi connectivity index (χ2n) is 5.97. The van der Waals surface area contributed by atoms with Gasteiger partial charge in [-0.15, -0.1) is 0 Å². The van der Waals surface area contributed by atoms with Crippen molar-refractivity contribution in [2.24, 2.45) is 0 Å². The summed E-state index contributed by atoms with van der Waals surface area (Å²) < 4.78 is 0. The summed E-state index contributed by atoms with van der Waals surface area (Å²) in [4.78, 5) is 15.3. The largest absolute Gasteiger partial charge is 0.353 e. The third-order valence-corrected chi connectivity index (χ3v) is 4.73. The molecule has 118 valence electrons. The van der Waals surface area contributed by atoms with Gasteiger partial charge in [-0.2, -0.15) is 0 Å². The molecule has 0 saturated heterocycles. The Hall–Kier alpha value is -3.07. The molecule has 1 aliphatic heterocycles. The van der Waals surface area contributed by atoms with Crippen molar-refractivity contribution in [1.29, 1.82) is 0 Å². The summed E-state index contributed by atoms with van der Waals surface area (Å²) in [6.07, 6.45) is 0. The second-order valence-corrected chi connectivity index (χ2v) is 5.97. The van der Waals surface area contributed by atoms with Crippen LogP contribution < -0.4 is 10.2 Å². The first-order chi connectivity index (χ1) is 11.7. The van der Waals surface area contributed by atoms with Crippen molar-refractivity contribution < 1.29 is 4.79 Å². The minimum Gasteiger partial charge on any atom is -0.353 e. The molecule has 3 nitrogen and oxygen atoms in total. The lowest BCUT2D eigenvalue weighted by molar-refractivity contribution is -0.119. The van der Waals surface area contributed by atoms with E-state index in [-0.39, 0.29) is 5.91 Å². The van der Waals surface area contributed by atoms with Gasteiger partial charge in [0.25, 0.3) is 5.91 Å². The van der Waals surface area contributed by atoms with Crippen molar-refractivity contribution in [3.8, 4) is 0 Å². The number of nitrogens with zero attached hydrogens (tertiary/aromatic N) is 1. The van der Waals surface area contributed by atoms with Crippen molar-refractivity contribution in [2.45, 2.75) is 5.54 Å². The zero-order valence-corrected chi connectivity index (χ0v) is 13.4. The van der Waals surface area contributed by atoms with Crippen molar-refractivity contribution in [1.82, 2.24) is 0 Å². The third-order valence-electron chi connectivity index (χ3n) is 4.73. The first kappa shape index (κ1) is 14.5. The molecule has 0 fully saturated rings. The van der Waals surface area contributed by atoms with Crippen LogP contribution in [0.1, 0.15) is 11.1 Å². The molecule has 0 bridgehead atoms. The number of para-hydroxylation sites is 2. The summed E-state index contributed by atoms with van der Waals surface area (Å²) in [5.74, 6) is -0.0266. The summed E-state index contributed by atoms with van der Waals surface area (Å²) >= 11 is 0. The van der Waals surface area contributed by atoms with Crippen LogP contribution in [0.3, 0.4) is 0 Å². The fourth-order valence-electron chi connectivity index (χ4n) is 3.58. The average molecular weight is 314 g/mol. The predicted molar refractivity (Wildman–Crippen MR) is 97.1 cm³/mol. The standard InChI is InChI=1S/C21H18N2O/c1-23(17-12-6-3-7-13-17)21(16-10-4-2-5-11-16)18-14-8-9-15-19(18)22-20(21)24/h2-15H,1H3,(H,22,24). The molecule has 3 aromatic carbocycles. The van der Waals surface area contributed by atoms with Gasteiger partial charge in [0.1, 0.15) is 0 Å². The summed E-state index contributed by atoms with van der Waals surface area (Å²) in [6, 6.07) is 27.9. The van der Waals surface area contributed by atoms with Gasteiger partial charge in [-0.3, -0.25) is 4.79 Å². The van der Waals surface area contributed by atoms with Crippen LogP contribution in [-0.2, 0) is 10.3 Å². The Bertz CT molecular complexity index is 877. The summed E-state index contributed by atoms with van der Waals surface area (Å²) in [5.41, 5.74) is 2.92. The smallest absolute Gasteiger partial charge is 0.259 e. The number of benzene rings is 3. The van der Waals surface area contributed by atoms with Gasteiger partial charge in [-0.05, 0) is 23.8 Å². The van der Waals surface area contributed by atoms with Gasteiger partial charge in [0.15, 0.2) is 5.54 Å². The number of likely N-dealkylation sites (N-methyl/N-ethyl adjacent to an activating group) is 1. The number of nitrogens with one attached hydrogen (secondary N) is 1. The number of fused-ring (bicyclic) bond motifs is 1. The van der Waals surface area contributed by atoms with Gasteiger partial charge in [0.2, 0.25) is 0 Å². The van der Waals surface area contributed by atoms with Crippen LogP contribution in [0.5, 0.6) is 0 Å². The minimum atomic E-state index is -0.876. The lowest BCUT2D eigenvalue weighted by atomic mass is 9.82. The van der Waals surface area contributed by atoms with Crippen LogP contribution in [0.25, 0.3) is 0 Å². The molecule has 1 atom stereocenters. The number of carbonyl (C=O) groups excluding carboxylic acids is 1. The zero-order valence-electron chi connectivity index (χ0n) is 13.4. The van der Waals surface area contributed by atoms with Gasteiger partial charge in [-0.25, -0.2) is 0 Å². The first-order valence-corrected chi connectivity index (χ1v) is 8.00. The normalized spacial score (nSPS) is 18.8. The van der Waals surface area contributed by atoms with E-state index in [1.807, 2.05) is 92.0 Å². The molecule has 3 aromatic rings. The first-order valence-electron chi connectivity index (χ1n) is 8.00. The molecule has 4 rings (SSSR count). The van der Waals surface area contributed by atoms with E-state index in [1.165, 1.54) is 0 Å². The molecule has 1 N–H and O–H groups in total. The number of carbonyl (C=O) groups is 1. The Kier molecular flexibility index (Phi) is 3.35. The molecule has 0 aromatic heterocycles. The SMILES string of the molecule is CN(c1ccccc1)C1(c2ccccc2)C(=O)Nc2ccccc21. The predicted octanol–water partition coefficient (Wildman–Crippen LogP) is 4.02. The minimum absolute atomic E-state index is 0.0266. The Labute approximate surface area is 141 Å². The highest BCUT2D eigenvalue weighted by Crippen LogP contribution is 2.46. The molecular weight excluding hydrogens is 296 g/mol. The summed E-state index contributed by atoms with van der Waals surface area (Å²) in [5, 5.41) is 3.06. The molecule has 1 heterocycles. The van der Waals surface area contributed by atoms with Crippen molar-refractivity contribution in [3.05, 3.63) is 96.1 Å². The van der Waals surface area contributed by atoms with Crippen molar-refractivity contribution >= 4 is 17.3 Å². The van der Waals surface area contributed by atoms with Crippen LogP contribution in [0.4, 0.5) is 11.4 Å². The summed E-state index contributed by atoms with van der Waals surface area (Å²) in [7, 11) is 1.98. The Morgan fingerprint density at radius 1 is 0.792 bits per heavy atom. The van der Waals surface area contributed by atoms with Gasteiger partial charge < -0.3 is 10.2 Å². The quantitative estimate of drug-likeness (QED) is 0.792. The van der Waals surface area contributed by atoms with Crippen LogP contribution in [-0.4, -0.2) is 13.0 Å². The van der Waals surface area contributed by atoms with Crippen molar-refractivity contribution in [2.75, 3.05) is 17.3 Å². The topological polar surface area (TPSA) is 32.3 Å². The zero-order chi connectivity index (χ0) is 16.6. The second kappa shape index (κ2) is 5.53. The lowest BCUT2D eigenvalue weighted by Gasteiger charge is -2.39. The highest BCUT2D eigenvalue weighted by atomic mass is 16.2. The van der Waals surface area contributed by atoms with Crippen LogP contribution >= 0.6 is 0 Å². The number of hydrogen-bond acceptors (Lipinski definition) is 2. The maximum atomic E-state index is 13.2. The van der Waals surface area contributed by atoms with Crippen LogP contribution in [0, 0.1) is 0 Å². The maximum absolute atomic E-state index is 13.2. The fraction of sp³-hybridized carbons (Fsp3) is 0.0952. The number of anilines is 2. The van der Waals surface area contributed by atoms with Crippen LogP contribution in [0.2, 0.25) is 0 Å². The summed E-state index contributed by atoms with van der Waals surface area (Å²) in [6.45, 7) is 0. The Balaban J connectivity index is 2.00. The fourth-order valence-corrected chi connectivity index (χ4v) is 3.58. The van der Waals surface area contributed by atoms with E-state index in [0.717, 1.165) is 22.5 Å². The number of hydrogen-bond donors (Lipinski definition) is 1. The average Bonchev–Trinajstić information content (AvgIpc) is 2.95. The van der Waals surface area contributed by atoms with E-state index in [2.05, 4.69) is 10.2 Å². The Morgan fingerprint density at radius 2 is 1.38 bits per heavy atom. The molecule has 0 radical (unpaired) electrons. The number of amides is 1.